The van der Waals surface area contributed by atoms with Crippen LogP contribution in [0.2, 0.25) is 0 Å². The average Bonchev–Trinajstić information content (AvgIpc) is 2.92. The summed E-state index contributed by atoms with van der Waals surface area (Å²) >= 11 is 0. The molecule has 0 bridgehead atoms. The van der Waals surface area contributed by atoms with E-state index in [9.17, 15) is 22.8 Å². The highest BCUT2D eigenvalue weighted by Crippen LogP contribution is 2.31. The number of anilines is 1. The zero-order chi connectivity index (χ0) is 20.6. The second-order valence-corrected chi connectivity index (χ2v) is 9.01. The Balaban J connectivity index is 2.02. The molecule has 9 heteroatoms. The minimum absolute atomic E-state index is 0.105. The molecule has 0 radical (unpaired) electrons. The van der Waals surface area contributed by atoms with Gasteiger partial charge in [0.2, 0.25) is 5.91 Å². The van der Waals surface area contributed by atoms with Crippen molar-refractivity contribution in [3.63, 3.8) is 0 Å². The fraction of sp³-hybridized carbons (Fsp3) is 0.316. The number of carbonyl (C=O) groups is 2. The summed E-state index contributed by atoms with van der Waals surface area (Å²) in [6.07, 6.45) is 1.38. The average molecular weight is 403 g/mol. The maximum absolute atomic E-state index is 12.5. The van der Waals surface area contributed by atoms with E-state index in [1.807, 2.05) is 19.9 Å². The number of sulfone groups is 1. The van der Waals surface area contributed by atoms with Gasteiger partial charge in [-0.15, -0.1) is 0 Å². The second-order valence-electron chi connectivity index (χ2n) is 7.08. The minimum Gasteiger partial charge on any atom is -0.345 e. The molecule has 3 N–H and O–H groups in total. The van der Waals surface area contributed by atoms with Crippen LogP contribution in [0.15, 0.2) is 34.5 Å². The molecule has 0 spiro atoms. The van der Waals surface area contributed by atoms with E-state index < -0.39 is 27.3 Å². The first kappa shape index (κ1) is 19.8. The molecule has 28 heavy (non-hydrogen) atoms. The van der Waals surface area contributed by atoms with Crippen molar-refractivity contribution in [2.24, 2.45) is 0 Å². The van der Waals surface area contributed by atoms with Gasteiger partial charge in [-0.1, -0.05) is 26.0 Å². The van der Waals surface area contributed by atoms with Gasteiger partial charge in [0.05, 0.1) is 23.0 Å². The number of pyridine rings is 1. The summed E-state index contributed by atoms with van der Waals surface area (Å²) in [6.45, 7) is 5.32. The molecule has 1 unspecified atom stereocenters. The zero-order valence-electron chi connectivity index (χ0n) is 15.7. The molecule has 1 aliphatic heterocycles. The lowest BCUT2D eigenvalue weighted by Crippen LogP contribution is -2.38. The summed E-state index contributed by atoms with van der Waals surface area (Å²) in [5, 5.41) is 6.92. The number of hydrogen-bond donors (Lipinski definition) is 3. The Morgan fingerprint density at radius 3 is 2.54 bits per heavy atom. The Bertz CT molecular complexity index is 1160. The third-order valence-corrected chi connectivity index (χ3v) is 5.86. The van der Waals surface area contributed by atoms with Crippen molar-refractivity contribution >= 4 is 38.2 Å². The summed E-state index contributed by atoms with van der Waals surface area (Å²) in [5.41, 5.74) is 1.05. The van der Waals surface area contributed by atoms with Crippen molar-refractivity contribution in [3.8, 4) is 0 Å². The smallest absolute Gasteiger partial charge is 0.261 e. The van der Waals surface area contributed by atoms with E-state index in [2.05, 4.69) is 15.6 Å². The number of amides is 2. The molecule has 3 rings (SSSR count). The molecule has 0 saturated heterocycles. The molecule has 8 nitrogen and oxygen atoms in total. The number of H-pyrrole nitrogens is 1. The van der Waals surface area contributed by atoms with Crippen LogP contribution in [0.4, 0.5) is 5.69 Å². The van der Waals surface area contributed by atoms with Crippen molar-refractivity contribution in [2.45, 2.75) is 32.7 Å². The molecule has 148 valence electrons. The summed E-state index contributed by atoms with van der Waals surface area (Å²) in [7, 11) is -3.32. The fourth-order valence-corrected chi connectivity index (χ4v) is 4.40. The normalized spacial score (nSPS) is 17.8. The van der Waals surface area contributed by atoms with Crippen molar-refractivity contribution in [3.05, 3.63) is 51.2 Å². The lowest BCUT2D eigenvalue weighted by Gasteiger charge is -2.16. The summed E-state index contributed by atoms with van der Waals surface area (Å²) in [6, 6.07) is 4.37. The zero-order valence-corrected chi connectivity index (χ0v) is 16.5. The number of hydrogen-bond acceptors (Lipinski definition) is 5. The molecular formula is C19H21N3O5S. The standard InChI is InChI=1S/C19H21N3O5S/c1-10(2)14-5-4-12-8-15(18(24)21-13-6-7-28(26,27)9-13)19(25)22-16(12)17(14)20-11(3)23/h4-8,10,13H,9H2,1-3H3,(H,20,23)(H,21,24)(H,22,25). The largest absolute Gasteiger partial charge is 0.345 e. The highest BCUT2D eigenvalue weighted by Gasteiger charge is 2.25. The van der Waals surface area contributed by atoms with Gasteiger partial charge < -0.3 is 15.6 Å². The number of rotatable bonds is 4. The summed E-state index contributed by atoms with van der Waals surface area (Å²) < 4.78 is 22.9. The van der Waals surface area contributed by atoms with Gasteiger partial charge in [-0.25, -0.2) is 8.42 Å². The molecule has 0 saturated carbocycles. The van der Waals surface area contributed by atoms with Crippen LogP contribution in [0.5, 0.6) is 0 Å². The molecule has 1 aromatic carbocycles. The number of benzene rings is 1. The number of carbonyl (C=O) groups excluding carboxylic acids is 2. The van der Waals surface area contributed by atoms with Gasteiger partial charge in [0.1, 0.15) is 5.56 Å². The lowest BCUT2D eigenvalue weighted by atomic mass is 9.98. The second kappa shape index (κ2) is 7.23. The molecule has 2 heterocycles. The van der Waals surface area contributed by atoms with Crippen LogP contribution in [0.25, 0.3) is 10.9 Å². The van der Waals surface area contributed by atoms with E-state index in [4.69, 9.17) is 0 Å². The van der Waals surface area contributed by atoms with Gasteiger partial charge in [0, 0.05) is 17.7 Å². The Morgan fingerprint density at radius 2 is 1.96 bits per heavy atom. The molecule has 1 aliphatic rings. The van der Waals surface area contributed by atoms with Gasteiger partial charge in [-0.3, -0.25) is 14.4 Å². The third kappa shape index (κ3) is 3.99. The fourth-order valence-electron chi connectivity index (χ4n) is 3.16. The number of fused-ring (bicyclic) bond motifs is 1. The van der Waals surface area contributed by atoms with E-state index in [-0.39, 0.29) is 23.1 Å². The first-order valence-corrected chi connectivity index (χ1v) is 10.5. The lowest BCUT2D eigenvalue weighted by molar-refractivity contribution is -0.114. The molecule has 1 aromatic heterocycles. The van der Waals surface area contributed by atoms with Gasteiger partial charge in [-0.05, 0) is 23.6 Å². The van der Waals surface area contributed by atoms with Crippen molar-refractivity contribution in [1.29, 1.82) is 0 Å². The molecular weight excluding hydrogens is 382 g/mol. The predicted molar refractivity (Wildman–Crippen MR) is 107 cm³/mol. The maximum Gasteiger partial charge on any atom is 0.261 e. The molecule has 0 aliphatic carbocycles. The molecule has 2 amide bonds. The summed E-state index contributed by atoms with van der Waals surface area (Å²) in [4.78, 5) is 39.3. The van der Waals surface area contributed by atoms with Crippen LogP contribution < -0.4 is 16.2 Å². The van der Waals surface area contributed by atoms with Crippen molar-refractivity contribution in [2.75, 3.05) is 11.1 Å². The van der Waals surface area contributed by atoms with Crippen molar-refractivity contribution in [1.82, 2.24) is 10.3 Å². The topological polar surface area (TPSA) is 125 Å². The van der Waals surface area contributed by atoms with Crippen LogP contribution in [0.3, 0.4) is 0 Å². The Morgan fingerprint density at radius 1 is 1.25 bits per heavy atom. The van der Waals surface area contributed by atoms with E-state index in [1.165, 1.54) is 19.1 Å². The van der Waals surface area contributed by atoms with Crippen LogP contribution in [-0.4, -0.2) is 37.0 Å². The molecule has 0 fully saturated rings. The van der Waals surface area contributed by atoms with Crippen LogP contribution >= 0.6 is 0 Å². The molecule has 1 atom stereocenters. The van der Waals surface area contributed by atoms with Crippen LogP contribution in [0.1, 0.15) is 42.6 Å². The van der Waals surface area contributed by atoms with Gasteiger partial charge >= 0.3 is 0 Å². The Labute approximate surface area is 161 Å². The number of nitrogens with one attached hydrogen (secondary N) is 3. The minimum atomic E-state index is -3.32. The van der Waals surface area contributed by atoms with Gasteiger partial charge in [-0.2, -0.15) is 0 Å². The predicted octanol–water partition coefficient (Wildman–Crippen LogP) is 1.65. The first-order chi connectivity index (χ1) is 13.1. The Hall–Kier alpha value is -2.94. The van der Waals surface area contributed by atoms with Crippen LogP contribution in [0, 0.1) is 0 Å². The maximum atomic E-state index is 12.5. The van der Waals surface area contributed by atoms with Crippen molar-refractivity contribution < 1.29 is 18.0 Å². The third-order valence-electron chi connectivity index (χ3n) is 4.47. The van der Waals surface area contributed by atoms with Gasteiger partial charge in [0.15, 0.2) is 9.84 Å². The first-order valence-electron chi connectivity index (χ1n) is 8.77. The number of aromatic amines is 1. The highest BCUT2D eigenvalue weighted by molar-refractivity contribution is 7.94. The van der Waals surface area contributed by atoms with E-state index in [1.54, 1.807) is 6.07 Å². The Kier molecular flexibility index (Phi) is 5.12. The number of aromatic nitrogens is 1. The van der Waals surface area contributed by atoms with E-state index >= 15 is 0 Å². The monoisotopic (exact) mass is 403 g/mol. The van der Waals surface area contributed by atoms with Gasteiger partial charge in [0.25, 0.3) is 11.5 Å². The highest BCUT2D eigenvalue weighted by atomic mass is 32.2. The SMILES string of the molecule is CC(=O)Nc1c(C(C)C)ccc2cc(C(=O)NC3C=CS(=O)(=O)C3)c(=O)[nH]c12. The van der Waals surface area contributed by atoms with Crippen LogP contribution in [-0.2, 0) is 14.6 Å². The summed E-state index contributed by atoms with van der Waals surface area (Å²) in [5.74, 6) is -1.06. The van der Waals surface area contributed by atoms with E-state index in [0.29, 0.717) is 16.6 Å². The molecule has 2 aromatic rings. The van der Waals surface area contributed by atoms with E-state index in [0.717, 1.165) is 11.0 Å². The quantitative estimate of drug-likeness (QED) is 0.716.